The lowest BCUT2D eigenvalue weighted by Crippen LogP contribution is -2.10. The quantitative estimate of drug-likeness (QED) is 0.612. The van der Waals surface area contributed by atoms with Gasteiger partial charge in [0.05, 0.1) is 4.90 Å². The highest BCUT2D eigenvalue weighted by Crippen LogP contribution is 2.47. The van der Waals surface area contributed by atoms with E-state index in [9.17, 15) is 13.2 Å². The van der Waals surface area contributed by atoms with Gasteiger partial charge in [-0.1, -0.05) is 12.1 Å². The highest BCUT2D eigenvalue weighted by Gasteiger charge is 2.41. The van der Waals surface area contributed by atoms with Crippen molar-refractivity contribution in [2.24, 2.45) is 10.3 Å². The number of rotatable bonds is 5. The van der Waals surface area contributed by atoms with Crippen LogP contribution in [0.15, 0.2) is 33.6 Å². The van der Waals surface area contributed by atoms with Crippen LogP contribution in [0.25, 0.3) is 0 Å². The van der Waals surface area contributed by atoms with Crippen molar-refractivity contribution < 1.29 is 13.2 Å². The van der Waals surface area contributed by atoms with Crippen LogP contribution in [0.4, 0.5) is 0 Å². The third-order valence-corrected chi connectivity index (χ3v) is 4.58. The average Bonchev–Trinajstić information content (AvgIpc) is 3.17. The Morgan fingerprint density at radius 3 is 2.35 bits per heavy atom. The summed E-state index contributed by atoms with van der Waals surface area (Å²) in [5, 5.41) is 0. The van der Waals surface area contributed by atoms with Crippen LogP contribution < -0.4 is 0 Å². The Hall–Kier alpha value is -1.69. The van der Waals surface area contributed by atoms with Crippen LogP contribution in [0.2, 0.25) is 0 Å². The molecule has 6 heteroatoms. The van der Waals surface area contributed by atoms with E-state index in [2.05, 4.69) is 4.40 Å². The van der Waals surface area contributed by atoms with E-state index in [4.69, 9.17) is 0 Å². The third kappa shape index (κ3) is 3.25. The van der Waals surface area contributed by atoms with Crippen molar-refractivity contribution >= 4 is 22.1 Å². The average molecular weight is 294 g/mol. The highest BCUT2D eigenvalue weighted by molar-refractivity contribution is 7.90. The maximum Gasteiger partial charge on any atom is 0.283 e. The fourth-order valence-electron chi connectivity index (χ4n) is 2.12. The number of hydrogen-bond acceptors (Lipinski definition) is 3. The minimum Gasteiger partial charge on any atom is -0.368 e. The number of benzene rings is 1. The van der Waals surface area contributed by atoms with Gasteiger partial charge in [-0.2, -0.15) is 8.42 Å². The zero-order valence-electron chi connectivity index (χ0n) is 11.8. The van der Waals surface area contributed by atoms with E-state index in [1.165, 1.54) is 6.34 Å². The maximum atomic E-state index is 11.9. The second-order valence-corrected chi connectivity index (χ2v) is 6.92. The van der Waals surface area contributed by atoms with Gasteiger partial charge in [-0.15, -0.1) is 4.40 Å². The van der Waals surface area contributed by atoms with Crippen LogP contribution in [-0.2, 0) is 14.8 Å². The first-order valence-electron chi connectivity index (χ1n) is 6.38. The van der Waals surface area contributed by atoms with E-state index < -0.39 is 10.0 Å². The molecule has 1 aromatic rings. The summed E-state index contributed by atoms with van der Waals surface area (Å²) in [6.07, 6.45) is 2.12. The van der Waals surface area contributed by atoms with E-state index in [0.717, 1.165) is 12.0 Å². The standard InChI is InChI=1S/C14H18N2O3S/c1-10(17)13-8-14(13)11-4-6-12(7-5-11)20(18,19)15-9-16(2)3/h4-7,9,13-14H,8H2,1-3H3/b15-9+/t13-,14?/m0/s1. The lowest BCUT2D eigenvalue weighted by atomic mass is 10.1. The zero-order chi connectivity index (χ0) is 14.9. The van der Waals surface area contributed by atoms with Gasteiger partial charge in [-0.05, 0) is 37.0 Å². The van der Waals surface area contributed by atoms with Crippen molar-refractivity contribution in [3.63, 3.8) is 0 Å². The number of hydrogen-bond donors (Lipinski definition) is 0. The Morgan fingerprint density at radius 2 is 1.90 bits per heavy atom. The van der Waals surface area contributed by atoms with Gasteiger partial charge in [0.25, 0.3) is 10.0 Å². The van der Waals surface area contributed by atoms with E-state index >= 15 is 0 Å². The van der Waals surface area contributed by atoms with Crippen molar-refractivity contribution in [3.8, 4) is 0 Å². The molecule has 5 nitrogen and oxygen atoms in total. The minimum absolute atomic E-state index is 0.101. The molecular formula is C14H18N2O3S. The van der Waals surface area contributed by atoms with Gasteiger partial charge < -0.3 is 4.90 Å². The summed E-state index contributed by atoms with van der Waals surface area (Å²) in [6.45, 7) is 1.60. The molecule has 1 aliphatic rings. The van der Waals surface area contributed by atoms with E-state index in [0.29, 0.717) is 0 Å². The molecule has 1 unspecified atom stereocenters. The molecule has 0 saturated heterocycles. The molecule has 1 aliphatic carbocycles. The molecule has 2 rings (SSSR count). The van der Waals surface area contributed by atoms with Crippen molar-refractivity contribution in [1.82, 2.24) is 4.90 Å². The van der Waals surface area contributed by atoms with Crippen molar-refractivity contribution in [2.45, 2.75) is 24.2 Å². The molecule has 0 amide bonds. The lowest BCUT2D eigenvalue weighted by molar-refractivity contribution is -0.118. The molecule has 108 valence electrons. The molecule has 0 spiro atoms. The smallest absolute Gasteiger partial charge is 0.283 e. The number of carbonyl (C=O) groups excluding carboxylic acids is 1. The Kier molecular flexibility index (Phi) is 3.94. The molecule has 1 fully saturated rings. The first-order valence-corrected chi connectivity index (χ1v) is 7.82. The van der Waals surface area contributed by atoms with Crippen LogP contribution >= 0.6 is 0 Å². The highest BCUT2D eigenvalue weighted by atomic mass is 32.2. The van der Waals surface area contributed by atoms with Gasteiger partial charge in [0.2, 0.25) is 0 Å². The number of Topliss-reactive ketones (excluding diaryl/α,β-unsaturated/α-hetero) is 1. The Balaban J connectivity index is 2.15. The SMILES string of the molecule is CC(=O)[C@@H]1CC1c1ccc(S(=O)(=O)/N=C/N(C)C)cc1. The largest absolute Gasteiger partial charge is 0.368 e. The summed E-state index contributed by atoms with van der Waals surface area (Å²) in [5.41, 5.74) is 1.01. The summed E-state index contributed by atoms with van der Waals surface area (Å²) in [6, 6.07) is 6.64. The molecule has 0 radical (unpaired) electrons. The fourth-order valence-corrected chi connectivity index (χ4v) is 3.03. The third-order valence-electron chi connectivity index (χ3n) is 3.34. The minimum atomic E-state index is -3.65. The predicted molar refractivity (Wildman–Crippen MR) is 77.3 cm³/mol. The van der Waals surface area contributed by atoms with E-state index in [1.54, 1.807) is 50.2 Å². The molecule has 0 aliphatic heterocycles. The number of carbonyl (C=O) groups is 1. The number of ketones is 1. The van der Waals surface area contributed by atoms with Crippen LogP contribution in [0, 0.1) is 5.92 Å². The fraction of sp³-hybridized carbons (Fsp3) is 0.429. The maximum absolute atomic E-state index is 11.9. The first-order chi connectivity index (χ1) is 9.31. The Bertz CT molecular complexity index is 633. The van der Waals surface area contributed by atoms with Crippen molar-refractivity contribution in [1.29, 1.82) is 0 Å². The normalized spacial score (nSPS) is 21.9. The zero-order valence-corrected chi connectivity index (χ0v) is 12.6. The van der Waals surface area contributed by atoms with Gasteiger partial charge in [-0.3, -0.25) is 4.79 Å². The monoisotopic (exact) mass is 294 g/mol. The summed E-state index contributed by atoms with van der Waals surface area (Å²) < 4.78 is 27.4. The van der Waals surface area contributed by atoms with Gasteiger partial charge in [0.15, 0.2) is 0 Å². The second kappa shape index (κ2) is 5.36. The summed E-state index contributed by atoms with van der Waals surface area (Å²) in [4.78, 5) is 13.0. The molecule has 1 aromatic carbocycles. The molecule has 1 saturated carbocycles. The van der Waals surface area contributed by atoms with Crippen LogP contribution in [-0.4, -0.2) is 39.5 Å². The van der Waals surface area contributed by atoms with Crippen molar-refractivity contribution in [2.75, 3.05) is 14.1 Å². The van der Waals surface area contributed by atoms with Crippen LogP contribution in [0.3, 0.4) is 0 Å². The molecule has 2 atom stereocenters. The Labute approximate surface area is 119 Å². The summed E-state index contributed by atoms with van der Waals surface area (Å²) >= 11 is 0. The van der Waals surface area contributed by atoms with Gasteiger partial charge in [0.1, 0.15) is 12.1 Å². The van der Waals surface area contributed by atoms with Crippen molar-refractivity contribution in [3.05, 3.63) is 29.8 Å². The molecule has 0 bridgehead atoms. The van der Waals surface area contributed by atoms with Crippen LogP contribution in [0.1, 0.15) is 24.8 Å². The first kappa shape index (κ1) is 14.7. The van der Waals surface area contributed by atoms with Crippen LogP contribution in [0.5, 0.6) is 0 Å². The molecule has 20 heavy (non-hydrogen) atoms. The topological polar surface area (TPSA) is 66.8 Å². The van der Waals surface area contributed by atoms with Gasteiger partial charge >= 0.3 is 0 Å². The molecule has 0 heterocycles. The summed E-state index contributed by atoms with van der Waals surface area (Å²) in [7, 11) is -0.235. The molecule has 0 N–H and O–H groups in total. The van der Waals surface area contributed by atoms with E-state index in [1.807, 2.05) is 0 Å². The van der Waals surface area contributed by atoms with Gasteiger partial charge in [0, 0.05) is 20.0 Å². The number of sulfonamides is 1. The molecule has 0 aromatic heterocycles. The second-order valence-electron chi connectivity index (χ2n) is 5.29. The Morgan fingerprint density at radius 1 is 1.30 bits per heavy atom. The number of nitrogens with zero attached hydrogens (tertiary/aromatic N) is 2. The van der Waals surface area contributed by atoms with E-state index in [-0.39, 0.29) is 22.5 Å². The predicted octanol–water partition coefficient (Wildman–Crippen LogP) is 1.66. The lowest BCUT2D eigenvalue weighted by Gasteiger charge is -2.04. The summed E-state index contributed by atoms with van der Waals surface area (Å²) in [5.74, 6) is 0.543. The van der Waals surface area contributed by atoms with Gasteiger partial charge in [-0.25, -0.2) is 0 Å². The molecular weight excluding hydrogens is 276 g/mol.